The zero-order valence-electron chi connectivity index (χ0n) is 21.3. The number of benzene rings is 2. The molecule has 1 N–H and O–H groups in total. The van der Waals surface area contributed by atoms with Crippen LogP contribution < -0.4 is 9.62 Å². The monoisotopic (exact) mass is 565 g/mol. The number of aryl methyl sites for hydroxylation is 1. The Hall–Kier alpha value is -2.39. The van der Waals surface area contributed by atoms with Gasteiger partial charge in [-0.25, -0.2) is 8.42 Å². The Kier molecular flexibility index (Phi) is 9.92. The van der Waals surface area contributed by atoms with Crippen LogP contribution in [0.3, 0.4) is 0 Å². The summed E-state index contributed by atoms with van der Waals surface area (Å²) in [5.74, 6) is -0.442. The van der Waals surface area contributed by atoms with Crippen LogP contribution >= 0.6 is 15.9 Å². The molecule has 2 amide bonds. The topological polar surface area (TPSA) is 86.8 Å². The van der Waals surface area contributed by atoms with Gasteiger partial charge in [0.2, 0.25) is 21.8 Å². The van der Waals surface area contributed by atoms with Crippen LogP contribution in [-0.2, 0) is 26.2 Å². The Morgan fingerprint density at radius 2 is 1.60 bits per heavy atom. The molecule has 0 unspecified atom stereocenters. The van der Waals surface area contributed by atoms with E-state index >= 15 is 0 Å². The average Bonchev–Trinajstić information content (AvgIpc) is 2.74. The summed E-state index contributed by atoms with van der Waals surface area (Å²) in [7, 11) is -3.51. The Labute approximate surface area is 218 Å². The molecule has 0 aliphatic heterocycles. The van der Waals surface area contributed by atoms with Gasteiger partial charge in [-0.2, -0.15) is 0 Å². The third-order valence-electron chi connectivity index (χ3n) is 5.41. The van der Waals surface area contributed by atoms with Crippen LogP contribution in [-0.4, -0.2) is 49.5 Å². The van der Waals surface area contributed by atoms with Crippen molar-refractivity contribution < 1.29 is 18.0 Å². The molecule has 1 atom stereocenters. The molecule has 0 heterocycles. The van der Waals surface area contributed by atoms with Crippen LogP contribution in [0, 0.1) is 6.92 Å². The molecule has 9 heteroatoms. The number of amides is 2. The lowest BCUT2D eigenvalue weighted by Crippen LogP contribution is -2.52. The summed E-state index contributed by atoms with van der Waals surface area (Å²) in [6, 6.07) is 14.1. The Bertz CT molecular complexity index is 1110. The number of sulfonamides is 1. The van der Waals surface area contributed by atoms with E-state index in [1.54, 1.807) is 24.0 Å². The largest absolute Gasteiger partial charge is 0.350 e. The minimum atomic E-state index is -3.51. The van der Waals surface area contributed by atoms with Gasteiger partial charge in [0.05, 0.1) is 11.9 Å². The summed E-state index contributed by atoms with van der Waals surface area (Å²) in [6.07, 6.45) is 1.60. The summed E-state index contributed by atoms with van der Waals surface area (Å²) in [5, 5.41) is 2.94. The summed E-state index contributed by atoms with van der Waals surface area (Å²) in [6.45, 7) is 9.77. The number of halogens is 1. The minimum absolute atomic E-state index is 0.113. The molecule has 0 aliphatic carbocycles. The van der Waals surface area contributed by atoms with Gasteiger partial charge >= 0.3 is 0 Å². The highest BCUT2D eigenvalue weighted by molar-refractivity contribution is 9.10. The summed E-state index contributed by atoms with van der Waals surface area (Å²) >= 11 is 3.41. The second kappa shape index (κ2) is 12.0. The number of nitrogens with one attached hydrogen (secondary N) is 1. The van der Waals surface area contributed by atoms with E-state index in [1.165, 1.54) is 4.31 Å². The van der Waals surface area contributed by atoms with Crippen LogP contribution in [0.5, 0.6) is 0 Å². The van der Waals surface area contributed by atoms with Crippen molar-refractivity contribution in [3.05, 3.63) is 64.1 Å². The highest BCUT2D eigenvalue weighted by atomic mass is 79.9. The lowest BCUT2D eigenvalue weighted by Gasteiger charge is -2.32. The summed E-state index contributed by atoms with van der Waals surface area (Å²) < 4.78 is 27.0. The number of anilines is 1. The van der Waals surface area contributed by atoms with Crippen molar-refractivity contribution in [2.75, 3.05) is 17.1 Å². The van der Waals surface area contributed by atoms with Crippen LogP contribution in [0.4, 0.5) is 5.69 Å². The van der Waals surface area contributed by atoms with E-state index in [1.807, 2.05) is 64.1 Å². The third kappa shape index (κ3) is 9.29. The van der Waals surface area contributed by atoms with Crippen LogP contribution in [0.2, 0.25) is 0 Å². The first-order chi connectivity index (χ1) is 16.2. The molecule has 0 fully saturated rings. The lowest BCUT2D eigenvalue weighted by molar-refractivity contribution is -0.141. The van der Waals surface area contributed by atoms with Crippen LogP contribution in [0.25, 0.3) is 0 Å². The van der Waals surface area contributed by atoms with Crippen LogP contribution in [0.15, 0.2) is 53.0 Å². The van der Waals surface area contributed by atoms with E-state index in [-0.39, 0.29) is 31.3 Å². The minimum Gasteiger partial charge on any atom is -0.350 e. The van der Waals surface area contributed by atoms with E-state index < -0.39 is 21.6 Å². The van der Waals surface area contributed by atoms with Gasteiger partial charge in [-0.05, 0) is 70.9 Å². The Morgan fingerprint density at radius 3 is 2.11 bits per heavy atom. The van der Waals surface area contributed by atoms with Crippen molar-refractivity contribution in [1.82, 2.24) is 10.2 Å². The molecule has 2 rings (SSSR count). The van der Waals surface area contributed by atoms with Crippen LogP contribution in [0.1, 0.15) is 51.7 Å². The zero-order chi connectivity index (χ0) is 26.4. The van der Waals surface area contributed by atoms with E-state index in [0.29, 0.717) is 12.1 Å². The fourth-order valence-electron chi connectivity index (χ4n) is 3.56. The smallest absolute Gasteiger partial charge is 0.242 e. The number of rotatable bonds is 10. The van der Waals surface area contributed by atoms with Crippen molar-refractivity contribution in [2.45, 2.75) is 65.6 Å². The molecule has 0 aromatic heterocycles. The lowest BCUT2D eigenvalue weighted by atomic mass is 10.1. The van der Waals surface area contributed by atoms with Crippen molar-refractivity contribution >= 4 is 43.5 Å². The van der Waals surface area contributed by atoms with Gasteiger partial charge in [0, 0.05) is 29.5 Å². The Morgan fingerprint density at radius 1 is 1.03 bits per heavy atom. The first-order valence-corrected chi connectivity index (χ1v) is 14.2. The molecule has 0 radical (unpaired) electrons. The number of nitrogens with zero attached hydrogens (tertiary/aromatic N) is 2. The quantitative estimate of drug-likeness (QED) is 0.454. The fraction of sp³-hybridized carbons (Fsp3) is 0.462. The molecular weight excluding hydrogens is 530 g/mol. The third-order valence-corrected chi connectivity index (χ3v) is 7.13. The van der Waals surface area contributed by atoms with Crippen molar-refractivity contribution in [2.24, 2.45) is 0 Å². The molecule has 192 valence electrons. The highest BCUT2D eigenvalue weighted by Crippen LogP contribution is 2.20. The van der Waals surface area contributed by atoms with Gasteiger partial charge in [0.25, 0.3) is 0 Å². The molecule has 2 aromatic rings. The summed E-state index contributed by atoms with van der Waals surface area (Å²) in [5.41, 5.74) is 2.06. The first-order valence-electron chi connectivity index (χ1n) is 11.6. The van der Waals surface area contributed by atoms with Gasteiger partial charge in [-0.15, -0.1) is 0 Å². The van der Waals surface area contributed by atoms with E-state index in [9.17, 15) is 18.0 Å². The molecule has 0 saturated heterocycles. The average molecular weight is 567 g/mol. The molecule has 0 bridgehead atoms. The summed E-state index contributed by atoms with van der Waals surface area (Å²) in [4.78, 5) is 27.7. The maximum Gasteiger partial charge on any atom is 0.242 e. The second-order valence-corrected chi connectivity index (χ2v) is 12.7. The number of hydrogen-bond donors (Lipinski definition) is 1. The van der Waals surface area contributed by atoms with Crippen molar-refractivity contribution in [3.63, 3.8) is 0 Å². The number of hydrogen-bond acceptors (Lipinski definition) is 4. The number of carbonyl (C=O) groups is 2. The standard InChI is InChI=1S/C26H36BrN3O4S/c1-19-9-15-23(16-10-19)30(35(6,33)34)17-7-8-24(31)29(18-21-11-13-22(27)14-12-21)20(2)25(32)28-26(3,4)5/h9-16,20H,7-8,17-18H2,1-6H3,(H,28,32)/t20-/m1/s1. The predicted octanol–water partition coefficient (Wildman–Crippen LogP) is 4.64. The molecule has 0 aliphatic rings. The van der Waals surface area contributed by atoms with Gasteiger partial charge < -0.3 is 10.2 Å². The van der Waals surface area contributed by atoms with Gasteiger partial charge in [-0.3, -0.25) is 13.9 Å². The molecule has 0 saturated carbocycles. The molecule has 0 spiro atoms. The van der Waals surface area contributed by atoms with E-state index in [0.717, 1.165) is 21.9 Å². The van der Waals surface area contributed by atoms with Crippen molar-refractivity contribution in [1.29, 1.82) is 0 Å². The van der Waals surface area contributed by atoms with E-state index in [4.69, 9.17) is 0 Å². The van der Waals surface area contributed by atoms with Gasteiger partial charge in [-0.1, -0.05) is 45.8 Å². The Balaban J connectivity index is 2.17. The zero-order valence-corrected chi connectivity index (χ0v) is 23.7. The predicted molar refractivity (Wildman–Crippen MR) is 145 cm³/mol. The second-order valence-electron chi connectivity index (χ2n) is 9.84. The van der Waals surface area contributed by atoms with E-state index in [2.05, 4.69) is 21.2 Å². The number of carbonyl (C=O) groups excluding carboxylic acids is 2. The molecular formula is C26H36BrN3O4S. The van der Waals surface area contributed by atoms with Gasteiger partial charge in [0.15, 0.2) is 0 Å². The fourth-order valence-corrected chi connectivity index (χ4v) is 4.79. The highest BCUT2D eigenvalue weighted by Gasteiger charge is 2.28. The SMILES string of the molecule is Cc1ccc(N(CCCC(=O)N(Cc2ccc(Br)cc2)[C@H](C)C(=O)NC(C)(C)C)S(C)(=O)=O)cc1. The molecule has 7 nitrogen and oxygen atoms in total. The first kappa shape index (κ1) is 28.8. The normalized spacial score (nSPS) is 12.7. The molecule has 2 aromatic carbocycles. The molecule has 35 heavy (non-hydrogen) atoms. The van der Waals surface area contributed by atoms with Crippen molar-refractivity contribution in [3.8, 4) is 0 Å². The maximum atomic E-state index is 13.3. The van der Waals surface area contributed by atoms with Gasteiger partial charge in [0.1, 0.15) is 6.04 Å². The maximum absolute atomic E-state index is 13.3.